The average Bonchev–Trinajstić information content (AvgIpc) is 3.44. The molecule has 0 aliphatic heterocycles. The summed E-state index contributed by atoms with van der Waals surface area (Å²) in [5, 5.41) is 16.9. The lowest BCUT2D eigenvalue weighted by atomic mass is 9.79. The predicted molar refractivity (Wildman–Crippen MR) is 167 cm³/mol. The second kappa shape index (κ2) is 11.4. The van der Waals surface area contributed by atoms with E-state index in [0.717, 1.165) is 75.3 Å². The third-order valence-electron chi connectivity index (χ3n) is 8.01. The number of nitrogens with zero attached hydrogens (tertiary/aromatic N) is 2. The van der Waals surface area contributed by atoms with E-state index in [4.69, 9.17) is 14.1 Å². The Morgan fingerprint density at radius 1 is 0.780 bits per heavy atom. The molecular formula is C36H36N2O3. The topological polar surface area (TPSA) is 58.7 Å². The summed E-state index contributed by atoms with van der Waals surface area (Å²) in [5.41, 5.74) is 2.88. The quantitative estimate of drug-likeness (QED) is 0.176. The minimum Gasteiger partial charge on any atom is -0.481 e. The first kappa shape index (κ1) is 27.0. The Labute approximate surface area is 241 Å². The van der Waals surface area contributed by atoms with Crippen molar-refractivity contribution in [3.63, 3.8) is 0 Å². The summed E-state index contributed by atoms with van der Waals surface area (Å²) in [6.07, 6.45) is 3.52. The SMILES string of the molecule is COc1nc2ccc(-c3cc4ccccc4o3)cc2cc1C(O)(CCCCCN(C)C)c1cccc2ccccc12. The van der Waals surface area contributed by atoms with Gasteiger partial charge in [0.1, 0.15) is 16.9 Å². The van der Waals surface area contributed by atoms with Gasteiger partial charge in [-0.2, -0.15) is 0 Å². The van der Waals surface area contributed by atoms with Crippen molar-refractivity contribution in [2.24, 2.45) is 0 Å². The summed E-state index contributed by atoms with van der Waals surface area (Å²) in [7, 11) is 5.82. The van der Waals surface area contributed by atoms with E-state index >= 15 is 0 Å². The van der Waals surface area contributed by atoms with Gasteiger partial charge in [0.25, 0.3) is 0 Å². The van der Waals surface area contributed by atoms with Crippen LogP contribution in [0.15, 0.2) is 101 Å². The zero-order valence-electron chi connectivity index (χ0n) is 23.9. The Balaban J connectivity index is 1.48. The van der Waals surface area contributed by atoms with Crippen molar-refractivity contribution in [3.8, 4) is 17.2 Å². The van der Waals surface area contributed by atoms with Crippen molar-refractivity contribution in [1.82, 2.24) is 9.88 Å². The Bertz CT molecular complexity index is 1780. The standard InChI is InChI=1S/C36H36N2O3/c1-38(2)21-10-4-9-20-36(39,30-16-11-14-25-12-5-7-15-29(25)30)31-23-28-22-27(18-19-32(28)37-35(31)40-3)34-24-26-13-6-8-17-33(26)41-34/h5-8,11-19,22-24,39H,4,9-10,20-21H2,1-3H3. The van der Waals surface area contributed by atoms with Crippen LogP contribution in [0.5, 0.6) is 5.88 Å². The van der Waals surface area contributed by atoms with E-state index in [1.54, 1.807) is 7.11 Å². The number of rotatable bonds is 10. The first-order valence-corrected chi connectivity index (χ1v) is 14.3. The van der Waals surface area contributed by atoms with E-state index in [1.165, 1.54) is 0 Å². The van der Waals surface area contributed by atoms with Gasteiger partial charge in [0.2, 0.25) is 5.88 Å². The number of fused-ring (bicyclic) bond motifs is 3. The number of pyridine rings is 1. The lowest BCUT2D eigenvalue weighted by molar-refractivity contribution is 0.0660. The molecule has 6 aromatic rings. The molecule has 0 aliphatic carbocycles. The van der Waals surface area contributed by atoms with Gasteiger partial charge in [-0.15, -0.1) is 0 Å². The number of hydrogen-bond acceptors (Lipinski definition) is 5. The lowest BCUT2D eigenvalue weighted by Crippen LogP contribution is -2.29. The highest BCUT2D eigenvalue weighted by atomic mass is 16.5. The van der Waals surface area contributed by atoms with Crippen molar-refractivity contribution in [1.29, 1.82) is 0 Å². The van der Waals surface area contributed by atoms with Crippen molar-refractivity contribution >= 4 is 32.6 Å². The first-order valence-electron chi connectivity index (χ1n) is 14.3. The molecule has 0 bridgehead atoms. The molecule has 0 amide bonds. The minimum absolute atomic E-state index is 0.442. The first-order chi connectivity index (χ1) is 20.0. The maximum atomic E-state index is 12.8. The number of unbranched alkanes of at least 4 members (excludes halogenated alkanes) is 2. The smallest absolute Gasteiger partial charge is 0.220 e. The second-order valence-electron chi connectivity index (χ2n) is 11.1. The molecule has 1 unspecified atom stereocenters. The zero-order valence-corrected chi connectivity index (χ0v) is 23.9. The van der Waals surface area contributed by atoms with Crippen molar-refractivity contribution < 1.29 is 14.3 Å². The summed E-state index contributed by atoms with van der Waals surface area (Å²) >= 11 is 0. The van der Waals surface area contributed by atoms with Gasteiger partial charge < -0.3 is 19.2 Å². The molecule has 0 fully saturated rings. The highest BCUT2D eigenvalue weighted by molar-refractivity contribution is 5.90. The van der Waals surface area contributed by atoms with Gasteiger partial charge in [0.05, 0.1) is 18.2 Å². The van der Waals surface area contributed by atoms with E-state index in [-0.39, 0.29) is 0 Å². The van der Waals surface area contributed by atoms with Gasteiger partial charge in [0.15, 0.2) is 0 Å². The van der Waals surface area contributed by atoms with Crippen LogP contribution < -0.4 is 4.74 Å². The van der Waals surface area contributed by atoms with Crippen LogP contribution in [0.2, 0.25) is 0 Å². The summed E-state index contributed by atoms with van der Waals surface area (Å²) in [6, 6.07) is 32.6. The van der Waals surface area contributed by atoms with Crippen LogP contribution in [0, 0.1) is 0 Å². The van der Waals surface area contributed by atoms with Crippen LogP contribution in [0.25, 0.3) is 44.0 Å². The molecule has 0 saturated carbocycles. The van der Waals surface area contributed by atoms with Crippen LogP contribution in [0.4, 0.5) is 0 Å². The maximum absolute atomic E-state index is 12.8. The van der Waals surface area contributed by atoms with E-state index in [0.29, 0.717) is 17.9 Å². The van der Waals surface area contributed by atoms with Gasteiger partial charge in [-0.25, -0.2) is 4.98 Å². The van der Waals surface area contributed by atoms with E-state index in [2.05, 4.69) is 61.5 Å². The summed E-state index contributed by atoms with van der Waals surface area (Å²) in [6.45, 7) is 1.03. The second-order valence-corrected chi connectivity index (χ2v) is 11.1. The molecule has 1 N–H and O–H groups in total. The molecule has 0 saturated heterocycles. The van der Waals surface area contributed by atoms with Gasteiger partial charge in [-0.1, -0.05) is 67.1 Å². The van der Waals surface area contributed by atoms with Crippen LogP contribution in [-0.2, 0) is 5.60 Å². The molecule has 5 heteroatoms. The molecule has 5 nitrogen and oxygen atoms in total. The average molecular weight is 545 g/mol. The molecular weight excluding hydrogens is 508 g/mol. The molecule has 0 radical (unpaired) electrons. The van der Waals surface area contributed by atoms with Gasteiger partial charge in [-0.3, -0.25) is 0 Å². The fourth-order valence-corrected chi connectivity index (χ4v) is 5.87. The number of para-hydroxylation sites is 1. The Hall–Kier alpha value is -4.19. The number of aliphatic hydroxyl groups is 1. The molecule has 1 atom stereocenters. The maximum Gasteiger partial charge on any atom is 0.220 e. The number of hydrogen-bond donors (Lipinski definition) is 1. The van der Waals surface area contributed by atoms with Crippen LogP contribution in [0.1, 0.15) is 36.8 Å². The third-order valence-corrected chi connectivity index (χ3v) is 8.01. The fraction of sp³-hybridized carbons (Fsp3) is 0.250. The molecule has 0 spiro atoms. The van der Waals surface area contributed by atoms with Gasteiger partial charge >= 0.3 is 0 Å². The van der Waals surface area contributed by atoms with Crippen molar-refractivity contribution in [3.05, 3.63) is 108 Å². The molecule has 6 rings (SSSR count). The van der Waals surface area contributed by atoms with Gasteiger partial charge in [-0.05, 0) is 92.6 Å². The number of aromatic nitrogens is 1. The monoisotopic (exact) mass is 544 g/mol. The predicted octanol–water partition coefficient (Wildman–Crippen LogP) is 8.17. The Morgan fingerprint density at radius 3 is 2.37 bits per heavy atom. The summed E-state index contributed by atoms with van der Waals surface area (Å²) in [4.78, 5) is 7.09. The number of ether oxygens (including phenoxy) is 1. The molecule has 2 heterocycles. The largest absolute Gasteiger partial charge is 0.481 e. The van der Waals surface area contributed by atoms with Crippen molar-refractivity contribution in [2.75, 3.05) is 27.7 Å². The van der Waals surface area contributed by atoms with E-state index in [1.807, 2.05) is 54.6 Å². The summed E-state index contributed by atoms with van der Waals surface area (Å²) < 4.78 is 12.0. The number of benzene rings is 4. The number of methoxy groups -OCH3 is 1. The van der Waals surface area contributed by atoms with E-state index < -0.39 is 5.60 Å². The van der Waals surface area contributed by atoms with Gasteiger partial charge in [0, 0.05) is 16.3 Å². The van der Waals surface area contributed by atoms with Crippen LogP contribution >= 0.6 is 0 Å². The lowest BCUT2D eigenvalue weighted by Gasteiger charge is -2.32. The molecule has 4 aromatic carbocycles. The summed E-state index contributed by atoms with van der Waals surface area (Å²) in [5.74, 6) is 1.24. The fourth-order valence-electron chi connectivity index (χ4n) is 5.87. The molecule has 41 heavy (non-hydrogen) atoms. The molecule has 0 aliphatic rings. The highest BCUT2D eigenvalue weighted by Crippen LogP contribution is 2.43. The molecule has 208 valence electrons. The highest BCUT2D eigenvalue weighted by Gasteiger charge is 2.36. The third kappa shape index (κ3) is 5.31. The minimum atomic E-state index is -1.29. The normalized spacial score (nSPS) is 13.3. The van der Waals surface area contributed by atoms with Crippen molar-refractivity contribution in [2.45, 2.75) is 31.3 Å². The van der Waals surface area contributed by atoms with E-state index in [9.17, 15) is 5.11 Å². The molecule has 2 aromatic heterocycles. The number of furan rings is 1. The van der Waals surface area contributed by atoms with Crippen LogP contribution in [0.3, 0.4) is 0 Å². The Morgan fingerprint density at radius 2 is 1.56 bits per heavy atom. The van der Waals surface area contributed by atoms with Crippen LogP contribution in [-0.4, -0.2) is 42.7 Å². The Kier molecular flexibility index (Phi) is 7.48. The zero-order chi connectivity index (χ0) is 28.4.